The number of rotatable bonds is 7. The number of terminal acetylenes is 1. The molecule has 1 N–H and O–H groups in total. The van der Waals surface area contributed by atoms with Gasteiger partial charge in [0.15, 0.2) is 11.5 Å². The fraction of sp³-hybridized carbons (Fsp3) is 0.400. The number of ether oxygens (including phenoxy) is 2. The lowest BCUT2D eigenvalue weighted by Crippen LogP contribution is -2.25. The third-order valence-corrected chi connectivity index (χ3v) is 3.19. The van der Waals surface area contributed by atoms with E-state index in [1.165, 1.54) is 0 Å². The normalized spacial score (nSPS) is 9.70. The Bertz CT molecular complexity index is 509. The summed E-state index contributed by atoms with van der Waals surface area (Å²) in [5, 5.41) is 2.63. The molecule has 0 heterocycles. The average Bonchev–Trinajstić information content (AvgIpc) is 2.42. The molecule has 5 heteroatoms. The molecule has 0 fully saturated rings. The fourth-order valence-corrected chi connectivity index (χ4v) is 2.10. The van der Waals surface area contributed by atoms with Crippen molar-refractivity contribution in [3.8, 4) is 23.8 Å². The van der Waals surface area contributed by atoms with E-state index in [9.17, 15) is 4.79 Å². The number of carbonyl (C=O) groups excluding carboxylic acids is 1. The first-order valence-electron chi connectivity index (χ1n) is 6.40. The van der Waals surface area contributed by atoms with Crippen LogP contribution in [0.3, 0.4) is 0 Å². The summed E-state index contributed by atoms with van der Waals surface area (Å²) in [6, 6.07) is 3.63. The summed E-state index contributed by atoms with van der Waals surface area (Å²) in [4.78, 5) is 11.7. The van der Waals surface area contributed by atoms with E-state index < -0.39 is 0 Å². The van der Waals surface area contributed by atoms with Crippen molar-refractivity contribution in [2.24, 2.45) is 0 Å². The Labute approximate surface area is 128 Å². The third-order valence-electron chi connectivity index (χ3n) is 2.45. The predicted octanol–water partition coefficient (Wildman–Crippen LogP) is 2.54. The zero-order valence-corrected chi connectivity index (χ0v) is 13.2. The molecule has 1 rings (SSSR count). The largest absolute Gasteiger partial charge is 0.490 e. The maximum absolute atomic E-state index is 11.7. The molecular formula is C15H18BrNO3. The molecule has 0 aliphatic rings. The summed E-state index contributed by atoms with van der Waals surface area (Å²) in [6.07, 6.45) is 5.34. The maximum atomic E-state index is 11.7. The van der Waals surface area contributed by atoms with Crippen LogP contribution in [0.1, 0.15) is 19.4 Å². The van der Waals surface area contributed by atoms with Crippen LogP contribution < -0.4 is 14.8 Å². The second-order valence-electron chi connectivity index (χ2n) is 3.91. The summed E-state index contributed by atoms with van der Waals surface area (Å²) >= 11 is 3.44. The van der Waals surface area contributed by atoms with Gasteiger partial charge in [-0.1, -0.05) is 21.9 Å². The molecule has 0 atom stereocenters. The van der Waals surface area contributed by atoms with Gasteiger partial charge >= 0.3 is 0 Å². The zero-order valence-electron chi connectivity index (χ0n) is 11.7. The van der Waals surface area contributed by atoms with Gasteiger partial charge in [-0.2, -0.15) is 0 Å². The van der Waals surface area contributed by atoms with Gasteiger partial charge in [-0.15, -0.1) is 6.42 Å². The topological polar surface area (TPSA) is 47.6 Å². The van der Waals surface area contributed by atoms with Crippen LogP contribution in [0.15, 0.2) is 16.6 Å². The van der Waals surface area contributed by atoms with Gasteiger partial charge in [0.1, 0.15) is 0 Å². The molecule has 20 heavy (non-hydrogen) atoms. The van der Waals surface area contributed by atoms with Crippen LogP contribution in [-0.2, 0) is 11.2 Å². The third kappa shape index (κ3) is 4.78. The van der Waals surface area contributed by atoms with Gasteiger partial charge in [0.25, 0.3) is 0 Å². The molecule has 0 saturated carbocycles. The van der Waals surface area contributed by atoms with Crippen LogP contribution in [0, 0.1) is 12.3 Å². The van der Waals surface area contributed by atoms with Crippen LogP contribution in [0.2, 0.25) is 0 Å². The molecule has 4 nitrogen and oxygen atoms in total. The van der Waals surface area contributed by atoms with Gasteiger partial charge in [-0.05, 0) is 31.5 Å². The summed E-state index contributed by atoms with van der Waals surface area (Å²) < 4.78 is 11.9. The molecule has 0 unspecified atom stereocenters. The number of halogens is 1. The molecule has 108 valence electrons. The van der Waals surface area contributed by atoms with E-state index in [0.717, 1.165) is 10.0 Å². The second kappa shape index (κ2) is 8.49. The molecule has 0 spiro atoms. The smallest absolute Gasteiger partial charge is 0.225 e. The molecule has 1 aromatic rings. The van der Waals surface area contributed by atoms with Crippen molar-refractivity contribution in [2.75, 3.05) is 19.8 Å². The van der Waals surface area contributed by atoms with Crippen molar-refractivity contribution in [1.82, 2.24) is 5.32 Å². The molecule has 0 aliphatic carbocycles. The molecular weight excluding hydrogens is 322 g/mol. The fourth-order valence-electron chi connectivity index (χ4n) is 1.63. The quantitative estimate of drug-likeness (QED) is 0.776. The Morgan fingerprint density at radius 3 is 2.45 bits per heavy atom. The average molecular weight is 340 g/mol. The van der Waals surface area contributed by atoms with Crippen LogP contribution in [0.25, 0.3) is 0 Å². The van der Waals surface area contributed by atoms with Crippen LogP contribution in [0.5, 0.6) is 11.5 Å². The van der Waals surface area contributed by atoms with E-state index in [1.807, 2.05) is 26.0 Å². The van der Waals surface area contributed by atoms with E-state index >= 15 is 0 Å². The monoisotopic (exact) mass is 339 g/mol. The number of hydrogen-bond acceptors (Lipinski definition) is 3. The SMILES string of the molecule is C#CCNC(=O)Cc1cc(OCC)c(OCC)cc1Br. The van der Waals surface area contributed by atoms with Crippen molar-refractivity contribution in [3.63, 3.8) is 0 Å². The van der Waals surface area contributed by atoms with E-state index in [0.29, 0.717) is 24.7 Å². The molecule has 0 radical (unpaired) electrons. The lowest BCUT2D eigenvalue weighted by atomic mass is 10.1. The Morgan fingerprint density at radius 2 is 1.90 bits per heavy atom. The molecule has 0 bridgehead atoms. The lowest BCUT2D eigenvalue weighted by Gasteiger charge is -2.14. The molecule has 0 aromatic heterocycles. The molecule has 0 aliphatic heterocycles. The first kappa shape index (κ1) is 16.4. The van der Waals surface area contributed by atoms with Crippen molar-refractivity contribution < 1.29 is 14.3 Å². The number of amides is 1. The van der Waals surface area contributed by atoms with Crippen LogP contribution >= 0.6 is 15.9 Å². The van der Waals surface area contributed by atoms with Crippen molar-refractivity contribution in [1.29, 1.82) is 0 Å². The first-order valence-corrected chi connectivity index (χ1v) is 7.19. The van der Waals surface area contributed by atoms with Crippen molar-refractivity contribution >= 4 is 21.8 Å². The van der Waals surface area contributed by atoms with Gasteiger partial charge < -0.3 is 14.8 Å². The highest BCUT2D eigenvalue weighted by atomic mass is 79.9. The minimum absolute atomic E-state index is 0.129. The Balaban J connectivity index is 2.93. The second-order valence-corrected chi connectivity index (χ2v) is 4.77. The van der Waals surface area contributed by atoms with Gasteiger partial charge in [0.05, 0.1) is 26.2 Å². The van der Waals surface area contributed by atoms with Crippen molar-refractivity contribution in [2.45, 2.75) is 20.3 Å². The van der Waals surface area contributed by atoms with E-state index in [1.54, 1.807) is 0 Å². The lowest BCUT2D eigenvalue weighted by molar-refractivity contribution is -0.120. The highest BCUT2D eigenvalue weighted by Crippen LogP contribution is 2.34. The number of benzene rings is 1. The first-order chi connectivity index (χ1) is 9.62. The minimum Gasteiger partial charge on any atom is -0.490 e. The molecule has 1 aromatic carbocycles. The van der Waals surface area contributed by atoms with Gasteiger partial charge in [-0.3, -0.25) is 4.79 Å². The Morgan fingerprint density at radius 1 is 1.30 bits per heavy atom. The maximum Gasteiger partial charge on any atom is 0.225 e. The number of hydrogen-bond donors (Lipinski definition) is 1. The highest BCUT2D eigenvalue weighted by Gasteiger charge is 2.13. The summed E-state index contributed by atoms with van der Waals surface area (Å²) in [7, 11) is 0. The van der Waals surface area contributed by atoms with Gasteiger partial charge in [0, 0.05) is 4.47 Å². The highest BCUT2D eigenvalue weighted by molar-refractivity contribution is 9.10. The van der Waals surface area contributed by atoms with Gasteiger partial charge in [0.2, 0.25) is 5.91 Å². The Hall–Kier alpha value is -1.67. The summed E-state index contributed by atoms with van der Waals surface area (Å²) in [5.41, 5.74) is 0.825. The van der Waals surface area contributed by atoms with Crippen LogP contribution in [0.4, 0.5) is 0 Å². The molecule has 0 saturated heterocycles. The molecule has 1 amide bonds. The zero-order chi connectivity index (χ0) is 15.0. The summed E-state index contributed by atoms with van der Waals surface area (Å²) in [6.45, 7) is 5.12. The van der Waals surface area contributed by atoms with Gasteiger partial charge in [-0.25, -0.2) is 0 Å². The standard InChI is InChI=1S/C15H18BrNO3/c1-4-7-17-15(18)9-11-8-13(19-5-2)14(20-6-3)10-12(11)16/h1,8,10H,5-7,9H2,2-3H3,(H,17,18). The van der Waals surface area contributed by atoms with E-state index in [-0.39, 0.29) is 18.9 Å². The Kier molecular flexibility index (Phi) is 6.96. The predicted molar refractivity (Wildman–Crippen MR) is 82.0 cm³/mol. The summed E-state index contributed by atoms with van der Waals surface area (Å²) in [5.74, 6) is 3.54. The van der Waals surface area contributed by atoms with E-state index in [4.69, 9.17) is 15.9 Å². The van der Waals surface area contributed by atoms with Crippen molar-refractivity contribution in [3.05, 3.63) is 22.2 Å². The van der Waals surface area contributed by atoms with E-state index in [2.05, 4.69) is 27.2 Å². The van der Waals surface area contributed by atoms with Crippen LogP contribution in [-0.4, -0.2) is 25.7 Å². The number of nitrogens with one attached hydrogen (secondary N) is 1. The minimum atomic E-state index is -0.129. The number of carbonyl (C=O) groups is 1.